The number of anilines is 2. The number of rotatable bonds is 5. The van der Waals surface area contributed by atoms with E-state index < -0.39 is 27.4 Å². The highest BCUT2D eigenvalue weighted by Gasteiger charge is 2.40. The molecule has 3 N–H and O–H groups in total. The van der Waals surface area contributed by atoms with E-state index in [2.05, 4.69) is 20.4 Å². The van der Waals surface area contributed by atoms with Crippen molar-refractivity contribution in [1.82, 2.24) is 19.7 Å². The van der Waals surface area contributed by atoms with E-state index in [1.807, 2.05) is 0 Å². The molecule has 2 heterocycles. The Morgan fingerprint density at radius 3 is 2.35 bits per heavy atom. The van der Waals surface area contributed by atoms with E-state index in [4.69, 9.17) is 5.73 Å². The Kier molecular flexibility index (Phi) is 4.91. The van der Waals surface area contributed by atoms with Crippen LogP contribution in [0.2, 0.25) is 0 Å². The number of sulfone groups is 1. The summed E-state index contributed by atoms with van der Waals surface area (Å²) < 4.78 is 67.3. The number of nitrogens with one attached hydrogen (secondary N) is 1. The first kappa shape index (κ1) is 21.1. The molecule has 0 bridgehead atoms. The van der Waals surface area contributed by atoms with Gasteiger partial charge in [0.25, 0.3) is 0 Å². The molecule has 0 atom stereocenters. The van der Waals surface area contributed by atoms with Crippen molar-refractivity contribution in [1.29, 1.82) is 0 Å². The van der Waals surface area contributed by atoms with Crippen LogP contribution in [0.25, 0.3) is 16.9 Å². The number of hydrogen-bond acceptors (Lipinski definition) is 7. The largest absolute Gasteiger partial charge is 0.422 e. The lowest BCUT2D eigenvalue weighted by molar-refractivity contribution is -0.136. The van der Waals surface area contributed by atoms with E-state index in [1.165, 1.54) is 30.1 Å². The zero-order valence-electron chi connectivity index (χ0n) is 16.6. The first-order valence-electron chi connectivity index (χ1n) is 9.36. The molecule has 2 aromatic heterocycles. The number of alkyl halides is 3. The van der Waals surface area contributed by atoms with Crippen molar-refractivity contribution in [2.24, 2.45) is 0 Å². The molecule has 8 nitrogen and oxygen atoms in total. The van der Waals surface area contributed by atoms with Crippen LogP contribution in [-0.2, 0) is 16.0 Å². The molecule has 0 radical (unpaired) electrons. The number of nitrogens with two attached hydrogens (primary N) is 1. The zero-order valence-corrected chi connectivity index (χ0v) is 17.4. The maximum absolute atomic E-state index is 13.8. The van der Waals surface area contributed by atoms with E-state index in [-0.39, 0.29) is 27.4 Å². The van der Waals surface area contributed by atoms with Gasteiger partial charge in [0.1, 0.15) is 11.4 Å². The third-order valence-corrected chi connectivity index (χ3v) is 7.27. The lowest BCUT2D eigenvalue weighted by Gasteiger charge is -2.15. The molecule has 0 amide bonds. The van der Waals surface area contributed by atoms with Gasteiger partial charge in [-0.05, 0) is 44.0 Å². The van der Waals surface area contributed by atoms with Crippen molar-refractivity contribution >= 4 is 21.6 Å². The van der Waals surface area contributed by atoms with Gasteiger partial charge in [-0.2, -0.15) is 23.3 Å². The first-order chi connectivity index (χ1) is 14.5. The van der Waals surface area contributed by atoms with Gasteiger partial charge in [-0.15, -0.1) is 0 Å². The minimum absolute atomic E-state index is 0.132. The lowest BCUT2D eigenvalue weighted by atomic mass is 10.1. The average Bonchev–Trinajstić information content (AvgIpc) is 3.49. The highest BCUT2D eigenvalue weighted by atomic mass is 32.2. The Hall–Kier alpha value is -3.15. The molecular weight excluding hydrogens is 433 g/mol. The van der Waals surface area contributed by atoms with Gasteiger partial charge in [0, 0.05) is 18.8 Å². The van der Waals surface area contributed by atoms with Crippen molar-refractivity contribution < 1.29 is 21.6 Å². The smallest absolute Gasteiger partial charge is 0.372 e. The van der Waals surface area contributed by atoms with Gasteiger partial charge in [0.15, 0.2) is 9.84 Å². The van der Waals surface area contributed by atoms with Crippen LogP contribution in [0.15, 0.2) is 35.4 Å². The summed E-state index contributed by atoms with van der Waals surface area (Å²) in [6, 6.07) is 6.07. The van der Waals surface area contributed by atoms with Crippen LogP contribution in [0.1, 0.15) is 24.1 Å². The molecule has 0 saturated heterocycles. The summed E-state index contributed by atoms with van der Waals surface area (Å²) in [4.78, 5) is 7.69. The molecule has 1 aliphatic rings. The van der Waals surface area contributed by atoms with Gasteiger partial charge in [-0.1, -0.05) is 0 Å². The van der Waals surface area contributed by atoms with Gasteiger partial charge in [0.05, 0.1) is 27.2 Å². The van der Waals surface area contributed by atoms with Gasteiger partial charge >= 0.3 is 6.18 Å². The van der Waals surface area contributed by atoms with E-state index in [0.29, 0.717) is 24.2 Å². The first-order valence-corrected chi connectivity index (χ1v) is 10.9. The number of aromatic nitrogens is 4. The summed E-state index contributed by atoms with van der Waals surface area (Å²) in [5.41, 5.74) is 5.11. The van der Waals surface area contributed by atoms with Crippen LogP contribution in [0.3, 0.4) is 0 Å². The second-order valence-corrected chi connectivity index (χ2v) is 9.44. The number of halogens is 3. The molecule has 31 heavy (non-hydrogen) atoms. The van der Waals surface area contributed by atoms with Crippen molar-refractivity contribution in [3.63, 3.8) is 0 Å². The number of aryl methyl sites for hydroxylation is 1. The minimum Gasteiger partial charge on any atom is -0.372 e. The molecule has 12 heteroatoms. The molecule has 0 spiro atoms. The van der Waals surface area contributed by atoms with Gasteiger partial charge in [-0.3, -0.25) is 0 Å². The van der Waals surface area contributed by atoms with E-state index >= 15 is 0 Å². The molecule has 4 rings (SSSR count). The van der Waals surface area contributed by atoms with E-state index in [1.54, 1.807) is 19.1 Å². The number of benzene rings is 1. The number of nitrogen functional groups attached to an aromatic ring is 1. The fraction of sp³-hybridized carbons (Fsp3) is 0.316. The molecule has 3 aromatic rings. The second-order valence-electron chi connectivity index (χ2n) is 7.21. The normalized spacial score (nSPS) is 14.6. The number of nitrogens with zero attached hydrogens (tertiary/aromatic N) is 4. The lowest BCUT2D eigenvalue weighted by Crippen LogP contribution is -2.15. The maximum Gasteiger partial charge on any atom is 0.422 e. The van der Waals surface area contributed by atoms with Crippen LogP contribution < -0.4 is 11.1 Å². The number of hydrogen-bond donors (Lipinski definition) is 2. The standard InChI is InChI=1S/C19H19F3N6O2S/c1-10-14(16-15(19(20,21)22)17(24-2)26-18(23)25-16)9-28(27-10)11-3-5-12(6-4-11)31(29,30)13-7-8-13/h3-6,9,13H,7-8H2,1-2H3,(H3,23,24,25,26). The van der Waals surface area contributed by atoms with E-state index in [0.717, 1.165) is 0 Å². The summed E-state index contributed by atoms with van der Waals surface area (Å²) in [6.07, 6.45) is -2.01. The molecule has 1 saturated carbocycles. The molecule has 1 aromatic carbocycles. The quantitative estimate of drug-likeness (QED) is 0.611. The Morgan fingerprint density at radius 1 is 1.16 bits per heavy atom. The summed E-state index contributed by atoms with van der Waals surface area (Å²) in [7, 11) is -2.02. The Morgan fingerprint density at radius 2 is 1.81 bits per heavy atom. The Bertz CT molecular complexity index is 1250. The van der Waals surface area contributed by atoms with Crippen molar-refractivity contribution in [3.05, 3.63) is 41.7 Å². The summed E-state index contributed by atoms with van der Waals surface area (Å²) in [5, 5.41) is 6.36. The molecule has 1 aliphatic carbocycles. The Balaban J connectivity index is 1.78. The third kappa shape index (κ3) is 3.82. The monoisotopic (exact) mass is 452 g/mol. The fourth-order valence-electron chi connectivity index (χ4n) is 3.31. The highest BCUT2D eigenvalue weighted by Crippen LogP contribution is 2.41. The molecule has 164 valence electrons. The van der Waals surface area contributed by atoms with Gasteiger partial charge in [-0.25, -0.2) is 18.1 Å². The maximum atomic E-state index is 13.8. The van der Waals surface area contributed by atoms with Crippen LogP contribution in [0, 0.1) is 6.92 Å². The van der Waals surface area contributed by atoms with Crippen molar-refractivity contribution in [2.45, 2.75) is 36.1 Å². The van der Waals surface area contributed by atoms with Gasteiger partial charge < -0.3 is 11.1 Å². The van der Waals surface area contributed by atoms with E-state index in [9.17, 15) is 21.6 Å². The fourth-order valence-corrected chi connectivity index (χ4v) is 4.96. The SMILES string of the molecule is CNc1nc(N)nc(-c2cn(-c3ccc(S(=O)(=O)C4CC4)cc3)nc2C)c1C(F)(F)F. The highest BCUT2D eigenvalue weighted by molar-refractivity contribution is 7.92. The van der Waals surface area contributed by atoms with Crippen LogP contribution in [0.4, 0.5) is 24.9 Å². The average molecular weight is 452 g/mol. The summed E-state index contributed by atoms with van der Waals surface area (Å²) in [6.45, 7) is 1.55. The minimum atomic E-state index is -4.73. The molecule has 0 unspecified atom stereocenters. The van der Waals surface area contributed by atoms with Crippen LogP contribution in [0.5, 0.6) is 0 Å². The molecule has 0 aliphatic heterocycles. The van der Waals surface area contributed by atoms with Crippen molar-refractivity contribution in [3.8, 4) is 16.9 Å². The molecule has 1 fully saturated rings. The second kappa shape index (κ2) is 7.22. The van der Waals surface area contributed by atoms with Crippen LogP contribution in [-0.4, -0.2) is 40.5 Å². The van der Waals surface area contributed by atoms with Crippen molar-refractivity contribution in [2.75, 3.05) is 18.1 Å². The van der Waals surface area contributed by atoms with Crippen LogP contribution >= 0.6 is 0 Å². The molecular formula is C19H19F3N6O2S. The summed E-state index contributed by atoms with van der Waals surface area (Å²) >= 11 is 0. The zero-order chi connectivity index (χ0) is 22.6. The Labute approximate surface area is 176 Å². The van der Waals surface area contributed by atoms with Gasteiger partial charge in [0.2, 0.25) is 5.95 Å². The summed E-state index contributed by atoms with van der Waals surface area (Å²) in [5.74, 6) is -0.745. The third-order valence-electron chi connectivity index (χ3n) is 4.99. The predicted octanol–water partition coefficient (Wildman–Crippen LogP) is 3.22. The topological polar surface area (TPSA) is 116 Å². The predicted molar refractivity (Wildman–Crippen MR) is 108 cm³/mol.